The van der Waals surface area contributed by atoms with Crippen molar-refractivity contribution in [2.24, 2.45) is 33.7 Å². The topological polar surface area (TPSA) is 76.0 Å². The fraction of sp³-hybridized carbons (Fsp3) is 0.783. The van der Waals surface area contributed by atoms with Gasteiger partial charge in [-0.05, 0) is 61.9 Å². The zero-order valence-corrected chi connectivity index (χ0v) is 18.0. The first-order chi connectivity index (χ1) is 13.3. The van der Waals surface area contributed by atoms with Crippen LogP contribution in [0, 0.1) is 28.6 Å². The standard InChI is InChI=1S/C21H29NO4.C2H6/c1-12(23)26-17-11-21(3)16(6-7-18(21)22-25)15-5-4-13-10-14(24)8-9-20(13,2)19(15)17;1-2/h10,15-17,19,25H,4-9,11H2,1-3H3;1-2H3/b22-18+;. The molecule has 0 aromatic rings. The molecule has 5 heteroatoms. The summed E-state index contributed by atoms with van der Waals surface area (Å²) in [4.78, 5) is 23.9. The van der Waals surface area contributed by atoms with E-state index in [0.29, 0.717) is 24.7 Å². The van der Waals surface area contributed by atoms with Gasteiger partial charge in [0.25, 0.3) is 0 Å². The van der Waals surface area contributed by atoms with Crippen LogP contribution in [-0.4, -0.2) is 28.8 Å². The predicted octanol–water partition coefficient (Wildman–Crippen LogP) is 4.92. The van der Waals surface area contributed by atoms with E-state index in [1.807, 2.05) is 19.9 Å². The number of fused-ring (bicyclic) bond motifs is 5. The molecule has 28 heavy (non-hydrogen) atoms. The first-order valence-corrected chi connectivity index (χ1v) is 10.9. The van der Waals surface area contributed by atoms with Crippen LogP contribution in [0.2, 0.25) is 0 Å². The lowest BCUT2D eigenvalue weighted by atomic mass is 9.46. The number of ether oxygens (including phenoxy) is 1. The predicted molar refractivity (Wildman–Crippen MR) is 108 cm³/mol. The Morgan fingerprint density at radius 1 is 1.18 bits per heavy atom. The number of rotatable bonds is 1. The quantitative estimate of drug-likeness (QED) is 0.392. The van der Waals surface area contributed by atoms with Gasteiger partial charge in [-0.25, -0.2) is 0 Å². The molecule has 4 rings (SSSR count). The lowest BCUT2D eigenvalue weighted by Gasteiger charge is -2.59. The van der Waals surface area contributed by atoms with Gasteiger partial charge < -0.3 is 9.94 Å². The van der Waals surface area contributed by atoms with Gasteiger partial charge in [0.1, 0.15) is 6.10 Å². The van der Waals surface area contributed by atoms with E-state index in [1.165, 1.54) is 12.5 Å². The van der Waals surface area contributed by atoms with E-state index in [0.717, 1.165) is 37.8 Å². The third kappa shape index (κ3) is 3.11. The maximum Gasteiger partial charge on any atom is 0.302 e. The molecule has 0 heterocycles. The molecule has 0 saturated heterocycles. The van der Waals surface area contributed by atoms with Gasteiger partial charge in [0.2, 0.25) is 0 Å². The van der Waals surface area contributed by atoms with E-state index in [1.54, 1.807) is 0 Å². The van der Waals surface area contributed by atoms with Gasteiger partial charge >= 0.3 is 5.97 Å². The Morgan fingerprint density at radius 3 is 2.54 bits per heavy atom. The average Bonchev–Trinajstić information content (AvgIpc) is 2.99. The minimum Gasteiger partial charge on any atom is -0.462 e. The smallest absolute Gasteiger partial charge is 0.302 e. The molecule has 0 aliphatic heterocycles. The highest BCUT2D eigenvalue weighted by atomic mass is 16.5. The minimum absolute atomic E-state index is 0.0720. The Labute approximate surface area is 168 Å². The maximum absolute atomic E-state index is 12.0. The van der Waals surface area contributed by atoms with Crippen LogP contribution in [0.3, 0.4) is 0 Å². The van der Waals surface area contributed by atoms with Crippen LogP contribution in [0.15, 0.2) is 16.8 Å². The molecule has 6 atom stereocenters. The van der Waals surface area contributed by atoms with Crippen molar-refractivity contribution in [3.8, 4) is 0 Å². The maximum atomic E-state index is 12.0. The molecule has 0 bridgehead atoms. The Hall–Kier alpha value is -1.65. The summed E-state index contributed by atoms with van der Waals surface area (Å²) in [6.45, 7) is 9.94. The third-order valence-corrected chi connectivity index (χ3v) is 8.05. The number of hydrogen-bond acceptors (Lipinski definition) is 5. The van der Waals surface area contributed by atoms with Crippen LogP contribution in [0.1, 0.15) is 79.6 Å². The summed E-state index contributed by atoms with van der Waals surface area (Å²) in [5.41, 5.74) is 1.85. The Balaban J connectivity index is 0.00000109. The van der Waals surface area contributed by atoms with E-state index < -0.39 is 0 Å². The van der Waals surface area contributed by atoms with Gasteiger partial charge in [-0.2, -0.15) is 0 Å². The molecular formula is C23H35NO4. The minimum atomic E-state index is -0.247. The fourth-order valence-corrected chi connectivity index (χ4v) is 6.93. The van der Waals surface area contributed by atoms with E-state index in [-0.39, 0.29) is 34.6 Å². The summed E-state index contributed by atoms with van der Waals surface area (Å²) >= 11 is 0. The molecule has 1 N–H and O–H groups in total. The highest BCUT2D eigenvalue weighted by molar-refractivity contribution is 5.92. The second-order valence-corrected chi connectivity index (χ2v) is 9.24. The molecule has 3 saturated carbocycles. The molecule has 4 aliphatic rings. The Kier molecular flexibility index (Phi) is 5.75. The van der Waals surface area contributed by atoms with E-state index in [4.69, 9.17) is 4.74 Å². The Bertz CT molecular complexity index is 711. The van der Waals surface area contributed by atoms with Crippen LogP contribution in [0.25, 0.3) is 0 Å². The van der Waals surface area contributed by atoms with Gasteiger partial charge in [0, 0.05) is 24.7 Å². The van der Waals surface area contributed by atoms with Crippen molar-refractivity contribution in [1.29, 1.82) is 0 Å². The van der Waals surface area contributed by atoms with Crippen LogP contribution in [0.4, 0.5) is 0 Å². The second kappa shape index (κ2) is 7.64. The molecule has 0 amide bonds. The van der Waals surface area contributed by atoms with Crippen molar-refractivity contribution in [2.45, 2.75) is 85.7 Å². The van der Waals surface area contributed by atoms with Crippen LogP contribution in [-0.2, 0) is 14.3 Å². The normalized spacial score (nSPS) is 43.1. The average molecular weight is 390 g/mol. The molecule has 6 unspecified atom stereocenters. The number of carbonyl (C=O) groups is 2. The highest BCUT2D eigenvalue weighted by Crippen LogP contribution is 2.65. The number of allylic oxidation sites excluding steroid dienone is 1. The zero-order valence-electron chi connectivity index (χ0n) is 18.0. The largest absolute Gasteiger partial charge is 0.462 e. The summed E-state index contributed by atoms with van der Waals surface area (Å²) in [6.07, 6.45) is 7.67. The Morgan fingerprint density at radius 2 is 1.89 bits per heavy atom. The monoisotopic (exact) mass is 389 g/mol. The molecule has 0 aromatic carbocycles. The van der Waals surface area contributed by atoms with E-state index >= 15 is 0 Å². The number of oxime groups is 1. The van der Waals surface area contributed by atoms with Crippen molar-refractivity contribution in [3.05, 3.63) is 11.6 Å². The number of nitrogens with zero attached hydrogens (tertiary/aromatic N) is 1. The number of esters is 1. The molecule has 0 aromatic heterocycles. The summed E-state index contributed by atoms with van der Waals surface area (Å²) in [6, 6.07) is 0. The van der Waals surface area contributed by atoms with Gasteiger partial charge in [-0.15, -0.1) is 0 Å². The summed E-state index contributed by atoms with van der Waals surface area (Å²) in [5.74, 6) is 1.13. The van der Waals surface area contributed by atoms with Crippen LogP contribution in [0.5, 0.6) is 0 Å². The first-order valence-electron chi connectivity index (χ1n) is 10.9. The van der Waals surface area contributed by atoms with Crippen LogP contribution >= 0.6 is 0 Å². The summed E-state index contributed by atoms with van der Waals surface area (Å²) < 4.78 is 5.88. The molecule has 0 spiro atoms. The van der Waals surface area contributed by atoms with E-state index in [9.17, 15) is 14.8 Å². The van der Waals surface area contributed by atoms with Gasteiger partial charge in [-0.3, -0.25) is 9.59 Å². The molecule has 3 fully saturated rings. The lowest BCUT2D eigenvalue weighted by Crippen LogP contribution is -2.57. The van der Waals surface area contributed by atoms with Gasteiger partial charge in [-0.1, -0.05) is 38.4 Å². The number of hydrogen-bond donors (Lipinski definition) is 1. The third-order valence-electron chi connectivity index (χ3n) is 8.05. The molecule has 5 nitrogen and oxygen atoms in total. The first kappa shape index (κ1) is 21.1. The number of ketones is 1. The molecule has 156 valence electrons. The molecular weight excluding hydrogens is 354 g/mol. The lowest BCUT2D eigenvalue weighted by molar-refractivity contribution is -0.168. The van der Waals surface area contributed by atoms with Crippen molar-refractivity contribution in [2.75, 3.05) is 0 Å². The van der Waals surface area contributed by atoms with Crippen LogP contribution < -0.4 is 0 Å². The second-order valence-electron chi connectivity index (χ2n) is 9.24. The van der Waals surface area contributed by atoms with Crippen molar-refractivity contribution in [3.63, 3.8) is 0 Å². The zero-order chi connectivity index (χ0) is 20.7. The fourth-order valence-electron chi connectivity index (χ4n) is 6.93. The summed E-state index contributed by atoms with van der Waals surface area (Å²) in [5, 5.41) is 13.2. The van der Waals surface area contributed by atoms with Crippen molar-refractivity contribution >= 4 is 17.5 Å². The molecule has 4 aliphatic carbocycles. The van der Waals surface area contributed by atoms with Gasteiger partial charge in [0.05, 0.1) is 5.71 Å². The summed E-state index contributed by atoms with van der Waals surface area (Å²) in [7, 11) is 0. The van der Waals surface area contributed by atoms with E-state index in [2.05, 4.69) is 19.0 Å². The van der Waals surface area contributed by atoms with Gasteiger partial charge in [0.15, 0.2) is 5.78 Å². The highest BCUT2D eigenvalue weighted by Gasteiger charge is 2.62. The SMILES string of the molecule is CC.CC(=O)OC1CC2(C)/C(=N/O)CCC2C2CCC3=CC(=O)CCC3(C)C12. The van der Waals surface area contributed by atoms with Crippen molar-refractivity contribution < 1.29 is 19.5 Å². The molecule has 0 radical (unpaired) electrons. The number of carbonyl (C=O) groups excluding carboxylic acids is 2. The van der Waals surface area contributed by atoms with Crippen molar-refractivity contribution in [1.82, 2.24) is 0 Å².